The molecule has 2 aromatic carbocycles. The number of piperidine rings is 1. The molecule has 0 bridgehead atoms. The summed E-state index contributed by atoms with van der Waals surface area (Å²) in [6, 6.07) is 7.29. The number of ether oxygens (including phenoxy) is 1. The fourth-order valence-corrected chi connectivity index (χ4v) is 3.26. The summed E-state index contributed by atoms with van der Waals surface area (Å²) in [4.78, 5) is 24.1. The Kier molecular flexibility index (Phi) is 5.99. The number of amides is 3. The molecular weight excluding hydrogens is 392 g/mol. The van der Waals surface area contributed by atoms with E-state index in [1.807, 2.05) is 0 Å². The summed E-state index contributed by atoms with van der Waals surface area (Å²) < 4.78 is 33.9. The van der Waals surface area contributed by atoms with E-state index in [1.165, 1.54) is 7.11 Å². The van der Waals surface area contributed by atoms with Gasteiger partial charge in [-0.15, -0.1) is 0 Å². The molecule has 3 N–H and O–H groups in total. The maximum Gasteiger partial charge on any atom is 0.319 e. The van der Waals surface area contributed by atoms with Crippen LogP contribution in [-0.4, -0.2) is 31.6 Å². The fraction of sp³-hybridized carbons (Fsp3) is 0.263. The van der Waals surface area contributed by atoms with Gasteiger partial charge >= 0.3 is 6.03 Å². The summed E-state index contributed by atoms with van der Waals surface area (Å²) in [5.41, 5.74) is 0.243. The Labute approximate surface area is 165 Å². The average Bonchev–Trinajstić information content (AvgIpc) is 2.65. The molecule has 148 valence electrons. The first-order valence-electron chi connectivity index (χ1n) is 8.50. The molecule has 1 saturated heterocycles. The van der Waals surface area contributed by atoms with Crippen molar-refractivity contribution in [2.45, 2.75) is 18.4 Å². The number of methoxy groups -OCH3 is 1. The molecule has 2 unspecified atom stereocenters. The molecule has 9 heteroatoms. The summed E-state index contributed by atoms with van der Waals surface area (Å²) in [7, 11) is 1.30. The molecule has 2 aromatic rings. The Bertz CT molecular complexity index is 869. The van der Waals surface area contributed by atoms with Crippen molar-refractivity contribution in [1.82, 2.24) is 10.6 Å². The molecule has 3 amide bonds. The third kappa shape index (κ3) is 4.51. The number of hydrogen-bond donors (Lipinski definition) is 3. The normalized spacial score (nSPS) is 18.9. The van der Waals surface area contributed by atoms with Crippen molar-refractivity contribution < 1.29 is 23.1 Å². The number of benzene rings is 2. The second-order valence-electron chi connectivity index (χ2n) is 6.33. The van der Waals surface area contributed by atoms with Crippen LogP contribution >= 0.6 is 11.6 Å². The van der Waals surface area contributed by atoms with Gasteiger partial charge in [-0.2, -0.15) is 0 Å². The van der Waals surface area contributed by atoms with Crippen molar-refractivity contribution in [3.05, 3.63) is 58.6 Å². The van der Waals surface area contributed by atoms with Crippen molar-refractivity contribution in [2.24, 2.45) is 0 Å². The predicted octanol–water partition coefficient (Wildman–Crippen LogP) is 3.42. The van der Waals surface area contributed by atoms with Crippen molar-refractivity contribution in [1.29, 1.82) is 0 Å². The van der Waals surface area contributed by atoms with Gasteiger partial charge in [-0.25, -0.2) is 13.6 Å². The van der Waals surface area contributed by atoms with Gasteiger partial charge in [0.1, 0.15) is 17.4 Å². The zero-order valence-corrected chi connectivity index (χ0v) is 15.6. The first-order chi connectivity index (χ1) is 13.4. The van der Waals surface area contributed by atoms with Crippen LogP contribution < -0.4 is 20.7 Å². The standard InChI is InChI=1S/C19H18ClF2N3O3/c1-28-12-6-14(21)18(15(22)7-12)13-8-17(26)23-9-16(13)25-19(27)24-11-4-2-10(20)3-5-11/h2-7,13,16H,8-9H2,1H3,(H,23,26)(H2,24,25,27). The predicted molar refractivity (Wildman–Crippen MR) is 101 cm³/mol. The number of urea groups is 1. The van der Waals surface area contributed by atoms with Gasteiger partial charge in [0.15, 0.2) is 0 Å². The van der Waals surface area contributed by atoms with Crippen LogP contribution in [0, 0.1) is 11.6 Å². The number of rotatable bonds is 4. The van der Waals surface area contributed by atoms with Crippen LogP contribution in [0.25, 0.3) is 0 Å². The van der Waals surface area contributed by atoms with Gasteiger partial charge in [-0.05, 0) is 24.3 Å². The first kappa shape index (κ1) is 19.9. The van der Waals surface area contributed by atoms with E-state index in [4.69, 9.17) is 16.3 Å². The van der Waals surface area contributed by atoms with Crippen LogP contribution in [0.15, 0.2) is 36.4 Å². The van der Waals surface area contributed by atoms with E-state index >= 15 is 0 Å². The van der Waals surface area contributed by atoms with Gasteiger partial charge in [-0.3, -0.25) is 4.79 Å². The minimum absolute atomic E-state index is 0.0315. The highest BCUT2D eigenvalue weighted by molar-refractivity contribution is 6.30. The lowest BCUT2D eigenvalue weighted by molar-refractivity contribution is -0.123. The molecule has 1 heterocycles. The van der Waals surface area contributed by atoms with Crippen molar-refractivity contribution in [3.8, 4) is 5.75 Å². The molecular formula is C19H18ClF2N3O3. The van der Waals surface area contributed by atoms with E-state index < -0.39 is 29.6 Å². The smallest absolute Gasteiger partial charge is 0.319 e. The topological polar surface area (TPSA) is 79.5 Å². The third-order valence-electron chi connectivity index (χ3n) is 4.49. The maximum atomic E-state index is 14.5. The summed E-state index contributed by atoms with van der Waals surface area (Å²) in [6.07, 6.45) is -0.161. The highest BCUT2D eigenvalue weighted by Crippen LogP contribution is 2.33. The first-order valence-corrected chi connectivity index (χ1v) is 8.88. The van der Waals surface area contributed by atoms with E-state index in [-0.39, 0.29) is 30.2 Å². The Morgan fingerprint density at radius 2 is 1.86 bits per heavy atom. The monoisotopic (exact) mass is 409 g/mol. The highest BCUT2D eigenvalue weighted by atomic mass is 35.5. The molecule has 2 atom stereocenters. The van der Waals surface area contributed by atoms with Gasteiger partial charge in [0.05, 0.1) is 13.2 Å². The summed E-state index contributed by atoms with van der Waals surface area (Å²) >= 11 is 5.81. The quantitative estimate of drug-likeness (QED) is 0.724. The molecule has 0 aromatic heterocycles. The number of carbonyl (C=O) groups is 2. The molecule has 0 saturated carbocycles. The Morgan fingerprint density at radius 1 is 1.21 bits per heavy atom. The number of nitrogens with one attached hydrogen (secondary N) is 3. The number of carbonyl (C=O) groups excluding carboxylic acids is 2. The number of anilines is 1. The lowest BCUT2D eigenvalue weighted by Crippen LogP contribution is -2.53. The molecule has 0 aliphatic carbocycles. The fourth-order valence-electron chi connectivity index (χ4n) is 3.14. The molecule has 0 radical (unpaired) electrons. The Morgan fingerprint density at radius 3 is 2.46 bits per heavy atom. The Hall–Kier alpha value is -2.87. The van der Waals surface area contributed by atoms with Crippen molar-refractivity contribution in [2.75, 3.05) is 19.0 Å². The van der Waals surface area contributed by atoms with E-state index in [9.17, 15) is 18.4 Å². The van der Waals surface area contributed by atoms with E-state index in [0.717, 1.165) is 12.1 Å². The average molecular weight is 410 g/mol. The Balaban J connectivity index is 1.80. The number of halogens is 3. The van der Waals surface area contributed by atoms with Crippen molar-refractivity contribution in [3.63, 3.8) is 0 Å². The third-order valence-corrected chi connectivity index (χ3v) is 4.74. The lowest BCUT2D eigenvalue weighted by Gasteiger charge is -2.33. The van der Waals surface area contributed by atoms with Gasteiger partial charge in [-0.1, -0.05) is 11.6 Å². The van der Waals surface area contributed by atoms with Crippen LogP contribution in [-0.2, 0) is 4.79 Å². The van der Waals surface area contributed by atoms with Gasteiger partial charge in [0, 0.05) is 47.3 Å². The van der Waals surface area contributed by atoms with Crippen LogP contribution in [0.3, 0.4) is 0 Å². The summed E-state index contributed by atoms with van der Waals surface area (Å²) in [5, 5.41) is 8.41. The zero-order valence-electron chi connectivity index (χ0n) is 14.9. The zero-order chi connectivity index (χ0) is 20.3. The van der Waals surface area contributed by atoms with E-state index in [1.54, 1.807) is 24.3 Å². The molecule has 1 aliphatic rings. The minimum atomic E-state index is -0.865. The van der Waals surface area contributed by atoms with E-state index in [2.05, 4.69) is 16.0 Å². The molecule has 6 nitrogen and oxygen atoms in total. The van der Waals surface area contributed by atoms with Gasteiger partial charge in [0.25, 0.3) is 0 Å². The lowest BCUT2D eigenvalue weighted by atomic mass is 9.85. The van der Waals surface area contributed by atoms with Crippen LogP contribution in [0.4, 0.5) is 19.3 Å². The highest BCUT2D eigenvalue weighted by Gasteiger charge is 2.35. The molecule has 1 aliphatic heterocycles. The van der Waals surface area contributed by atoms with E-state index in [0.29, 0.717) is 10.7 Å². The second kappa shape index (κ2) is 8.43. The van der Waals surface area contributed by atoms with Crippen molar-refractivity contribution >= 4 is 29.2 Å². The SMILES string of the molecule is COc1cc(F)c(C2CC(=O)NCC2NC(=O)Nc2ccc(Cl)cc2)c(F)c1. The molecule has 0 spiro atoms. The van der Waals surface area contributed by atoms with Gasteiger partial charge in [0.2, 0.25) is 5.91 Å². The minimum Gasteiger partial charge on any atom is -0.497 e. The van der Waals surface area contributed by atoms with Crippen LogP contribution in [0.5, 0.6) is 5.75 Å². The van der Waals surface area contributed by atoms with Crippen LogP contribution in [0.2, 0.25) is 5.02 Å². The number of hydrogen-bond acceptors (Lipinski definition) is 3. The van der Waals surface area contributed by atoms with Gasteiger partial charge < -0.3 is 20.7 Å². The summed E-state index contributed by atoms with van der Waals surface area (Å²) in [6.45, 7) is 0.0441. The molecule has 1 fully saturated rings. The summed E-state index contributed by atoms with van der Waals surface area (Å²) in [5.74, 6) is -2.85. The largest absolute Gasteiger partial charge is 0.497 e. The molecule has 28 heavy (non-hydrogen) atoms. The second-order valence-corrected chi connectivity index (χ2v) is 6.77. The van der Waals surface area contributed by atoms with Crippen LogP contribution in [0.1, 0.15) is 17.9 Å². The molecule has 3 rings (SSSR count). The maximum absolute atomic E-state index is 14.5.